The van der Waals surface area contributed by atoms with E-state index in [0.717, 1.165) is 13.2 Å². The summed E-state index contributed by atoms with van der Waals surface area (Å²) in [5.41, 5.74) is 1.42. The van der Waals surface area contributed by atoms with Crippen molar-refractivity contribution in [2.75, 3.05) is 13.2 Å². The maximum atomic E-state index is 5.67. The quantitative estimate of drug-likeness (QED) is 0.909. The summed E-state index contributed by atoms with van der Waals surface area (Å²) in [6.07, 6.45) is 2.82. The SMILES string of the molecule is Cc1c(C(C)NCC2CCCO2)sc2ccccc12. The van der Waals surface area contributed by atoms with Crippen molar-refractivity contribution < 1.29 is 4.74 Å². The van der Waals surface area contributed by atoms with Gasteiger partial charge in [-0.25, -0.2) is 0 Å². The maximum absolute atomic E-state index is 5.67. The average Bonchev–Trinajstić information content (AvgIpc) is 3.05. The number of hydrogen-bond acceptors (Lipinski definition) is 3. The van der Waals surface area contributed by atoms with Crippen molar-refractivity contribution in [2.24, 2.45) is 0 Å². The lowest BCUT2D eigenvalue weighted by Crippen LogP contribution is -2.28. The van der Waals surface area contributed by atoms with Crippen LogP contribution in [0.5, 0.6) is 0 Å². The minimum absolute atomic E-state index is 0.404. The molecule has 0 saturated carbocycles. The van der Waals surface area contributed by atoms with Gasteiger partial charge in [-0.2, -0.15) is 0 Å². The summed E-state index contributed by atoms with van der Waals surface area (Å²) < 4.78 is 7.06. The van der Waals surface area contributed by atoms with Gasteiger partial charge >= 0.3 is 0 Å². The van der Waals surface area contributed by atoms with Crippen LogP contribution in [0.1, 0.15) is 36.2 Å². The van der Waals surface area contributed by atoms with Gasteiger partial charge in [0.1, 0.15) is 0 Å². The normalized spacial score (nSPS) is 21.1. The van der Waals surface area contributed by atoms with Crippen LogP contribution in [-0.4, -0.2) is 19.3 Å². The lowest BCUT2D eigenvalue weighted by molar-refractivity contribution is 0.108. The summed E-state index contributed by atoms with van der Waals surface area (Å²) in [7, 11) is 0. The predicted molar refractivity (Wildman–Crippen MR) is 82.0 cm³/mol. The van der Waals surface area contributed by atoms with Gasteiger partial charge in [0.2, 0.25) is 0 Å². The molecular weight excluding hydrogens is 254 g/mol. The topological polar surface area (TPSA) is 21.3 Å². The summed E-state index contributed by atoms with van der Waals surface area (Å²) >= 11 is 1.91. The Kier molecular flexibility index (Phi) is 3.87. The molecule has 3 heteroatoms. The third-order valence-corrected chi connectivity index (χ3v) is 5.41. The van der Waals surface area contributed by atoms with Gasteiger partial charge in [0, 0.05) is 28.8 Å². The molecule has 1 saturated heterocycles. The third-order valence-electron chi connectivity index (χ3n) is 3.95. The highest BCUT2D eigenvalue weighted by atomic mass is 32.1. The number of nitrogens with one attached hydrogen (secondary N) is 1. The summed E-state index contributed by atoms with van der Waals surface area (Å²) in [6, 6.07) is 9.07. The minimum atomic E-state index is 0.404. The standard InChI is InChI=1S/C16H21NOS/c1-11-14-7-3-4-8-15(14)19-16(11)12(2)17-10-13-6-5-9-18-13/h3-4,7-8,12-13,17H,5-6,9-10H2,1-2H3. The maximum Gasteiger partial charge on any atom is 0.0700 e. The molecule has 2 aromatic rings. The van der Waals surface area contributed by atoms with E-state index in [1.54, 1.807) is 0 Å². The van der Waals surface area contributed by atoms with Crippen molar-refractivity contribution in [1.82, 2.24) is 5.32 Å². The highest BCUT2D eigenvalue weighted by Gasteiger charge is 2.18. The van der Waals surface area contributed by atoms with E-state index in [1.807, 2.05) is 11.3 Å². The molecule has 2 unspecified atom stereocenters. The first-order chi connectivity index (χ1) is 9.25. The Morgan fingerprint density at radius 3 is 3.00 bits per heavy atom. The van der Waals surface area contributed by atoms with Crippen LogP contribution < -0.4 is 5.32 Å². The minimum Gasteiger partial charge on any atom is -0.377 e. The van der Waals surface area contributed by atoms with Gasteiger partial charge in [0.25, 0.3) is 0 Å². The van der Waals surface area contributed by atoms with Gasteiger partial charge in [0.05, 0.1) is 6.10 Å². The van der Waals surface area contributed by atoms with Crippen LogP contribution in [0.4, 0.5) is 0 Å². The van der Waals surface area contributed by atoms with Gasteiger partial charge in [-0.05, 0) is 43.7 Å². The first kappa shape index (κ1) is 13.1. The Bertz CT molecular complexity index is 557. The van der Waals surface area contributed by atoms with Crippen molar-refractivity contribution in [3.63, 3.8) is 0 Å². The zero-order valence-corrected chi connectivity index (χ0v) is 12.4. The molecule has 19 heavy (non-hydrogen) atoms. The number of aryl methyl sites for hydroxylation is 1. The van der Waals surface area contributed by atoms with Crippen LogP contribution in [0.3, 0.4) is 0 Å². The van der Waals surface area contributed by atoms with Crippen molar-refractivity contribution >= 4 is 21.4 Å². The van der Waals surface area contributed by atoms with Gasteiger partial charge in [-0.1, -0.05) is 18.2 Å². The van der Waals surface area contributed by atoms with Crippen LogP contribution in [0.2, 0.25) is 0 Å². The third kappa shape index (κ3) is 2.69. The number of ether oxygens (including phenoxy) is 1. The van der Waals surface area contributed by atoms with E-state index < -0.39 is 0 Å². The molecule has 0 bridgehead atoms. The van der Waals surface area contributed by atoms with Crippen LogP contribution >= 0.6 is 11.3 Å². The van der Waals surface area contributed by atoms with E-state index in [2.05, 4.69) is 43.4 Å². The van der Waals surface area contributed by atoms with Gasteiger partial charge in [0.15, 0.2) is 0 Å². The number of hydrogen-bond donors (Lipinski definition) is 1. The molecule has 2 nitrogen and oxygen atoms in total. The number of benzene rings is 1. The second kappa shape index (κ2) is 5.61. The number of fused-ring (bicyclic) bond motifs is 1. The lowest BCUT2D eigenvalue weighted by Gasteiger charge is -2.16. The average molecular weight is 275 g/mol. The van der Waals surface area contributed by atoms with Crippen LogP contribution in [0, 0.1) is 6.92 Å². The number of rotatable bonds is 4. The van der Waals surface area contributed by atoms with Crippen LogP contribution in [-0.2, 0) is 4.74 Å². The van der Waals surface area contributed by atoms with E-state index in [1.165, 1.54) is 33.4 Å². The Morgan fingerprint density at radius 2 is 2.26 bits per heavy atom. The van der Waals surface area contributed by atoms with Crippen molar-refractivity contribution in [3.8, 4) is 0 Å². The fraction of sp³-hybridized carbons (Fsp3) is 0.500. The van der Waals surface area contributed by atoms with Crippen LogP contribution in [0.15, 0.2) is 24.3 Å². The smallest absolute Gasteiger partial charge is 0.0700 e. The first-order valence-electron chi connectivity index (χ1n) is 7.08. The molecule has 1 aliphatic heterocycles. The van der Waals surface area contributed by atoms with E-state index in [0.29, 0.717) is 12.1 Å². The zero-order valence-electron chi connectivity index (χ0n) is 11.6. The highest BCUT2D eigenvalue weighted by molar-refractivity contribution is 7.19. The van der Waals surface area contributed by atoms with Crippen molar-refractivity contribution in [3.05, 3.63) is 34.7 Å². The molecule has 0 radical (unpaired) electrons. The number of thiophene rings is 1. The predicted octanol–water partition coefficient (Wildman–Crippen LogP) is 4.04. The molecule has 2 atom stereocenters. The van der Waals surface area contributed by atoms with Crippen molar-refractivity contribution in [2.45, 2.75) is 38.8 Å². The molecule has 0 spiro atoms. The highest BCUT2D eigenvalue weighted by Crippen LogP contribution is 2.34. The summed E-state index contributed by atoms with van der Waals surface area (Å²) in [6.45, 7) is 6.39. The molecule has 1 aromatic carbocycles. The van der Waals surface area contributed by atoms with E-state index in [4.69, 9.17) is 4.74 Å². The fourth-order valence-electron chi connectivity index (χ4n) is 2.81. The largest absolute Gasteiger partial charge is 0.377 e. The monoisotopic (exact) mass is 275 g/mol. The van der Waals surface area contributed by atoms with E-state index >= 15 is 0 Å². The summed E-state index contributed by atoms with van der Waals surface area (Å²) in [4.78, 5) is 1.46. The molecular formula is C16H21NOS. The van der Waals surface area contributed by atoms with Gasteiger partial charge in [-0.15, -0.1) is 11.3 Å². The summed E-state index contributed by atoms with van der Waals surface area (Å²) in [5, 5.41) is 5.02. The van der Waals surface area contributed by atoms with Gasteiger partial charge in [-0.3, -0.25) is 0 Å². The second-order valence-electron chi connectivity index (χ2n) is 5.35. The molecule has 1 aliphatic rings. The molecule has 1 N–H and O–H groups in total. The Balaban J connectivity index is 1.73. The summed E-state index contributed by atoms with van der Waals surface area (Å²) in [5.74, 6) is 0. The molecule has 3 rings (SSSR count). The van der Waals surface area contributed by atoms with E-state index in [9.17, 15) is 0 Å². The van der Waals surface area contributed by atoms with Crippen LogP contribution in [0.25, 0.3) is 10.1 Å². The Morgan fingerprint density at radius 1 is 1.42 bits per heavy atom. The molecule has 0 amide bonds. The van der Waals surface area contributed by atoms with Crippen molar-refractivity contribution in [1.29, 1.82) is 0 Å². The molecule has 2 heterocycles. The Labute approximate surface area is 118 Å². The fourth-order valence-corrected chi connectivity index (χ4v) is 4.05. The molecule has 102 valence electrons. The lowest BCUT2D eigenvalue weighted by atomic mass is 10.1. The van der Waals surface area contributed by atoms with Gasteiger partial charge < -0.3 is 10.1 Å². The first-order valence-corrected chi connectivity index (χ1v) is 7.90. The zero-order chi connectivity index (χ0) is 13.2. The second-order valence-corrected chi connectivity index (χ2v) is 6.44. The molecule has 1 fully saturated rings. The molecule has 0 aliphatic carbocycles. The molecule has 1 aromatic heterocycles. The Hall–Kier alpha value is -0.900. The van der Waals surface area contributed by atoms with E-state index in [-0.39, 0.29) is 0 Å².